The van der Waals surface area contributed by atoms with Crippen molar-refractivity contribution in [3.05, 3.63) is 83.9 Å². The van der Waals surface area contributed by atoms with E-state index < -0.39 is 6.04 Å². The second-order valence-corrected chi connectivity index (χ2v) is 9.53. The van der Waals surface area contributed by atoms with Gasteiger partial charge in [-0.05, 0) is 41.9 Å². The maximum atomic E-state index is 11.2. The van der Waals surface area contributed by atoms with Gasteiger partial charge in [0.2, 0.25) is 5.75 Å². The second kappa shape index (κ2) is 11.7. The predicted molar refractivity (Wildman–Crippen MR) is 163 cm³/mol. The minimum Gasteiger partial charge on any atom is -0.507 e. The summed E-state index contributed by atoms with van der Waals surface area (Å²) in [6, 6.07) is 20.3. The van der Waals surface area contributed by atoms with Gasteiger partial charge >= 0.3 is 0 Å². The number of hydrogen-bond donors (Lipinski definition) is 3. The number of methoxy groups -OCH3 is 5. The van der Waals surface area contributed by atoms with Crippen molar-refractivity contribution in [1.82, 2.24) is 10.4 Å². The summed E-state index contributed by atoms with van der Waals surface area (Å²) in [4.78, 5) is 0. The van der Waals surface area contributed by atoms with Crippen LogP contribution < -0.4 is 34.4 Å². The largest absolute Gasteiger partial charge is 0.507 e. The van der Waals surface area contributed by atoms with Crippen LogP contribution in [-0.4, -0.2) is 50.8 Å². The van der Waals surface area contributed by atoms with Gasteiger partial charge in [0, 0.05) is 40.4 Å². The third-order valence-corrected chi connectivity index (χ3v) is 7.23. The summed E-state index contributed by atoms with van der Waals surface area (Å²) in [5, 5.41) is 18.4. The molecule has 0 amide bonds. The van der Waals surface area contributed by atoms with Crippen molar-refractivity contribution in [3.8, 4) is 34.5 Å². The van der Waals surface area contributed by atoms with E-state index in [4.69, 9.17) is 35.9 Å². The lowest BCUT2D eigenvalue weighted by atomic mass is 10.0. The summed E-state index contributed by atoms with van der Waals surface area (Å²) in [6.45, 7) is 0. The summed E-state index contributed by atoms with van der Waals surface area (Å²) in [6.07, 6.45) is 2.00. The van der Waals surface area contributed by atoms with Crippen molar-refractivity contribution in [1.29, 1.82) is 0 Å². The summed E-state index contributed by atoms with van der Waals surface area (Å²) >= 11 is 5.91. The number of aromatic hydroxyl groups is 1. The Labute approximate surface area is 243 Å². The zero-order valence-corrected chi connectivity index (χ0v) is 24.2. The Hall–Kier alpha value is -4.83. The van der Waals surface area contributed by atoms with Crippen molar-refractivity contribution >= 4 is 39.5 Å². The molecule has 212 valence electrons. The smallest absolute Gasteiger partial charge is 0.203 e. The van der Waals surface area contributed by atoms with Crippen molar-refractivity contribution in [2.75, 3.05) is 40.9 Å². The van der Waals surface area contributed by atoms with Crippen LogP contribution in [0.4, 0.5) is 5.69 Å². The molecule has 0 spiro atoms. The first-order valence-electron chi connectivity index (χ1n) is 12.7. The Kier molecular flexibility index (Phi) is 7.93. The van der Waals surface area contributed by atoms with Gasteiger partial charge in [-0.25, -0.2) is 0 Å². The molecule has 1 aliphatic heterocycles. The number of rotatable bonds is 8. The van der Waals surface area contributed by atoms with Gasteiger partial charge in [-0.15, -0.1) is 0 Å². The highest BCUT2D eigenvalue weighted by Crippen LogP contribution is 2.42. The molecule has 10 heteroatoms. The molecule has 0 saturated carbocycles. The Balaban J connectivity index is 1.56. The average Bonchev–Trinajstić information content (AvgIpc) is 3.45. The number of hydrazine groups is 1. The Morgan fingerprint density at radius 1 is 0.829 bits per heavy atom. The first-order valence-corrected chi connectivity index (χ1v) is 13.1. The predicted octanol–water partition coefficient (Wildman–Crippen LogP) is 5.89. The number of hydrogen-bond acceptors (Lipinski definition) is 8. The highest BCUT2D eigenvalue weighted by Gasteiger charge is 2.32. The minimum absolute atomic E-state index is 0.174. The second-order valence-electron chi connectivity index (χ2n) is 9.14. The molecule has 1 unspecified atom stereocenters. The Bertz CT molecular complexity index is 1610. The van der Waals surface area contributed by atoms with E-state index in [0.29, 0.717) is 50.8 Å². The van der Waals surface area contributed by atoms with Gasteiger partial charge in [0.1, 0.15) is 23.3 Å². The Morgan fingerprint density at radius 2 is 1.54 bits per heavy atom. The van der Waals surface area contributed by atoms with Crippen LogP contribution in [0.25, 0.3) is 16.5 Å². The van der Waals surface area contributed by atoms with Crippen molar-refractivity contribution in [2.24, 2.45) is 0 Å². The number of nitrogens with zero attached hydrogens (tertiary/aromatic N) is 1. The standard InChI is InChI=1S/C31H31N3O6S/c1-36-20-11-13-23(26(16-20)37-2)25-17-24(22-12-10-18-8-6-7-9-21(18)29(22)35)33-34(25)31(41)32-19-14-27(38-3)30(40-5)28(15-19)39-4/h6-17,25,33,35H,1-5H3,(H,32,41). The van der Waals surface area contributed by atoms with E-state index in [1.807, 2.05) is 60.7 Å². The monoisotopic (exact) mass is 573 g/mol. The molecule has 0 aliphatic carbocycles. The minimum atomic E-state index is -0.404. The molecular weight excluding hydrogens is 542 g/mol. The van der Waals surface area contributed by atoms with E-state index in [-0.39, 0.29) is 5.75 Å². The van der Waals surface area contributed by atoms with Gasteiger partial charge in [0.25, 0.3) is 0 Å². The average molecular weight is 574 g/mol. The van der Waals surface area contributed by atoms with Crippen LogP contribution >= 0.6 is 12.2 Å². The van der Waals surface area contributed by atoms with Gasteiger partial charge in [-0.2, -0.15) is 0 Å². The fraction of sp³-hybridized carbons (Fsp3) is 0.194. The quantitative estimate of drug-likeness (QED) is 0.222. The van der Waals surface area contributed by atoms with Gasteiger partial charge in [0.05, 0.1) is 41.2 Å². The lowest BCUT2D eigenvalue weighted by molar-refractivity contribution is 0.324. The first kappa shape index (κ1) is 27.7. The normalized spacial score (nSPS) is 14.2. The third-order valence-electron chi connectivity index (χ3n) is 6.93. The lowest BCUT2D eigenvalue weighted by Gasteiger charge is -2.29. The van der Waals surface area contributed by atoms with Crippen molar-refractivity contribution < 1.29 is 28.8 Å². The third kappa shape index (κ3) is 5.21. The van der Waals surface area contributed by atoms with Crippen LogP contribution in [0.3, 0.4) is 0 Å². The number of benzene rings is 4. The molecule has 3 N–H and O–H groups in total. The first-order chi connectivity index (χ1) is 19.9. The van der Waals surface area contributed by atoms with Crippen molar-refractivity contribution in [3.63, 3.8) is 0 Å². The summed E-state index contributed by atoms with van der Waals surface area (Å²) in [7, 11) is 7.87. The van der Waals surface area contributed by atoms with Gasteiger partial charge in [-0.3, -0.25) is 10.4 Å². The molecule has 0 aromatic heterocycles. The van der Waals surface area contributed by atoms with E-state index in [9.17, 15) is 5.11 Å². The van der Waals surface area contributed by atoms with Crippen LogP contribution in [-0.2, 0) is 0 Å². The molecule has 4 aromatic rings. The SMILES string of the molecule is COc1ccc(C2C=C(c3ccc4ccccc4c3O)NN2C(=S)Nc2cc(OC)c(OC)c(OC)c2)c(OC)c1. The van der Waals surface area contributed by atoms with E-state index >= 15 is 0 Å². The van der Waals surface area contributed by atoms with E-state index in [1.165, 1.54) is 0 Å². The summed E-state index contributed by atoms with van der Waals surface area (Å²) < 4.78 is 27.6. The summed E-state index contributed by atoms with van der Waals surface area (Å²) in [5.41, 5.74) is 6.19. The molecule has 1 heterocycles. The molecule has 1 atom stereocenters. The van der Waals surface area contributed by atoms with Crippen LogP contribution in [0, 0.1) is 0 Å². The van der Waals surface area contributed by atoms with Crippen molar-refractivity contribution in [2.45, 2.75) is 6.04 Å². The lowest BCUT2D eigenvalue weighted by Crippen LogP contribution is -2.42. The number of thiocarbonyl (C=S) groups is 1. The molecule has 0 fully saturated rings. The topological polar surface area (TPSA) is 93.7 Å². The van der Waals surface area contributed by atoms with E-state index in [0.717, 1.165) is 16.3 Å². The Morgan fingerprint density at radius 3 is 2.20 bits per heavy atom. The molecule has 0 saturated heterocycles. The van der Waals surface area contributed by atoms with E-state index in [1.54, 1.807) is 52.7 Å². The van der Waals surface area contributed by atoms with Gasteiger partial charge < -0.3 is 34.1 Å². The van der Waals surface area contributed by atoms with Crippen LogP contribution in [0.5, 0.6) is 34.5 Å². The number of phenolic OH excluding ortho intramolecular Hbond substituents is 1. The molecule has 5 rings (SSSR count). The molecule has 0 radical (unpaired) electrons. The zero-order valence-electron chi connectivity index (χ0n) is 23.3. The van der Waals surface area contributed by atoms with Crippen LogP contribution in [0.15, 0.2) is 72.8 Å². The molecular formula is C31H31N3O6S. The van der Waals surface area contributed by atoms with Crippen LogP contribution in [0.2, 0.25) is 0 Å². The zero-order chi connectivity index (χ0) is 29.1. The highest BCUT2D eigenvalue weighted by atomic mass is 32.1. The number of ether oxygens (including phenoxy) is 5. The van der Waals surface area contributed by atoms with Gasteiger partial charge in [-0.1, -0.05) is 30.3 Å². The number of phenols is 1. The number of nitrogens with one attached hydrogen (secondary N) is 2. The maximum absolute atomic E-state index is 11.2. The highest BCUT2D eigenvalue weighted by molar-refractivity contribution is 7.80. The maximum Gasteiger partial charge on any atom is 0.203 e. The molecule has 41 heavy (non-hydrogen) atoms. The van der Waals surface area contributed by atoms with Gasteiger partial charge in [0.15, 0.2) is 16.6 Å². The van der Waals surface area contributed by atoms with E-state index in [2.05, 4.69) is 10.7 Å². The fourth-order valence-corrected chi connectivity index (χ4v) is 5.17. The molecule has 9 nitrogen and oxygen atoms in total. The molecule has 4 aromatic carbocycles. The number of fused-ring (bicyclic) bond motifs is 1. The fourth-order valence-electron chi connectivity index (χ4n) is 4.90. The number of anilines is 1. The summed E-state index contributed by atoms with van der Waals surface area (Å²) in [5.74, 6) is 2.91. The molecule has 0 bridgehead atoms. The van der Waals surface area contributed by atoms with Crippen LogP contribution in [0.1, 0.15) is 17.2 Å². The molecule has 1 aliphatic rings.